The molecule has 3 aliphatic rings. The van der Waals surface area contributed by atoms with Crippen molar-refractivity contribution in [1.29, 1.82) is 0 Å². The summed E-state index contributed by atoms with van der Waals surface area (Å²) in [4.78, 5) is 18.6. The Labute approximate surface area is 158 Å². The third kappa shape index (κ3) is 3.69. The zero-order valence-electron chi connectivity index (χ0n) is 16.3. The minimum atomic E-state index is -0.208. The number of likely N-dealkylation sites (tertiary alicyclic amines) is 2. The van der Waals surface area contributed by atoms with Crippen molar-refractivity contribution < 1.29 is 4.79 Å². The van der Waals surface area contributed by atoms with E-state index in [1.165, 1.54) is 57.2 Å². The second-order valence-electron chi connectivity index (χ2n) is 8.93. The van der Waals surface area contributed by atoms with Crippen molar-refractivity contribution in [3.63, 3.8) is 0 Å². The molecule has 0 aromatic heterocycles. The summed E-state index contributed by atoms with van der Waals surface area (Å²) >= 11 is 0. The summed E-state index contributed by atoms with van der Waals surface area (Å²) in [5.74, 6) is 1.28. The summed E-state index contributed by atoms with van der Waals surface area (Å²) in [6, 6.07) is 10.9. The van der Waals surface area contributed by atoms with Crippen LogP contribution in [-0.2, 0) is 10.2 Å². The van der Waals surface area contributed by atoms with Gasteiger partial charge in [-0.15, -0.1) is 0 Å². The first-order valence-electron chi connectivity index (χ1n) is 10.8. The van der Waals surface area contributed by atoms with Gasteiger partial charge in [0.1, 0.15) is 0 Å². The van der Waals surface area contributed by atoms with Crippen LogP contribution in [0.5, 0.6) is 0 Å². The third-order valence-corrected chi connectivity index (χ3v) is 6.97. The number of carbonyl (C=O) groups is 1. The van der Waals surface area contributed by atoms with Crippen LogP contribution in [0.4, 0.5) is 0 Å². The first-order chi connectivity index (χ1) is 12.7. The van der Waals surface area contributed by atoms with Crippen LogP contribution < -0.4 is 0 Å². The molecule has 3 nitrogen and oxygen atoms in total. The predicted octanol–water partition coefficient (Wildman–Crippen LogP) is 4.22. The lowest BCUT2D eigenvalue weighted by Gasteiger charge is -2.38. The fourth-order valence-electron chi connectivity index (χ4n) is 4.96. The van der Waals surface area contributed by atoms with E-state index in [4.69, 9.17) is 0 Å². The summed E-state index contributed by atoms with van der Waals surface area (Å²) in [6.07, 6.45) is 9.59. The second kappa shape index (κ2) is 7.72. The summed E-state index contributed by atoms with van der Waals surface area (Å²) in [6.45, 7) is 6.84. The number of nitrogens with zero attached hydrogens (tertiary/aromatic N) is 2. The van der Waals surface area contributed by atoms with E-state index in [0.717, 1.165) is 31.8 Å². The van der Waals surface area contributed by atoms with Crippen LogP contribution in [0.15, 0.2) is 30.3 Å². The molecule has 1 amide bonds. The summed E-state index contributed by atoms with van der Waals surface area (Å²) < 4.78 is 0. The molecule has 1 aromatic carbocycles. The van der Waals surface area contributed by atoms with Gasteiger partial charge in [-0.05, 0) is 63.1 Å². The molecule has 4 rings (SSSR count). The Morgan fingerprint density at radius 2 is 1.73 bits per heavy atom. The van der Waals surface area contributed by atoms with Gasteiger partial charge in [0.2, 0.25) is 5.91 Å². The molecular weight excluding hydrogens is 320 g/mol. The molecule has 0 spiro atoms. The zero-order chi connectivity index (χ0) is 18.0. The SMILES string of the molecule is CC1CCN(CC2CCCCCN2C(=O)C2(c3ccccc3)CC2)CC1. The molecule has 3 fully saturated rings. The first kappa shape index (κ1) is 18.0. The molecule has 0 bridgehead atoms. The molecule has 1 saturated carbocycles. The largest absolute Gasteiger partial charge is 0.338 e. The highest BCUT2D eigenvalue weighted by molar-refractivity contribution is 5.91. The molecule has 2 saturated heterocycles. The summed E-state index contributed by atoms with van der Waals surface area (Å²) in [5, 5.41) is 0. The fraction of sp³-hybridized carbons (Fsp3) is 0.696. The molecule has 142 valence electrons. The maximum Gasteiger partial charge on any atom is 0.233 e. The van der Waals surface area contributed by atoms with E-state index in [0.29, 0.717) is 11.9 Å². The smallest absolute Gasteiger partial charge is 0.233 e. The van der Waals surface area contributed by atoms with Crippen LogP contribution in [0.1, 0.15) is 63.9 Å². The molecule has 1 aromatic rings. The van der Waals surface area contributed by atoms with Crippen LogP contribution in [0, 0.1) is 5.92 Å². The minimum absolute atomic E-state index is 0.208. The van der Waals surface area contributed by atoms with E-state index < -0.39 is 0 Å². The highest BCUT2D eigenvalue weighted by Crippen LogP contribution is 2.50. The van der Waals surface area contributed by atoms with Gasteiger partial charge in [0.15, 0.2) is 0 Å². The van der Waals surface area contributed by atoms with Gasteiger partial charge in [-0.25, -0.2) is 0 Å². The number of hydrogen-bond acceptors (Lipinski definition) is 2. The number of benzene rings is 1. The van der Waals surface area contributed by atoms with Crippen molar-refractivity contribution in [3.8, 4) is 0 Å². The molecule has 1 unspecified atom stereocenters. The van der Waals surface area contributed by atoms with Gasteiger partial charge < -0.3 is 9.80 Å². The van der Waals surface area contributed by atoms with Crippen LogP contribution in [-0.4, -0.2) is 47.9 Å². The quantitative estimate of drug-likeness (QED) is 0.808. The Morgan fingerprint density at radius 3 is 2.42 bits per heavy atom. The van der Waals surface area contributed by atoms with Crippen LogP contribution in [0.25, 0.3) is 0 Å². The lowest BCUT2D eigenvalue weighted by atomic mass is 9.93. The normalized spacial score (nSPS) is 27.1. The maximum absolute atomic E-state index is 13.6. The highest BCUT2D eigenvalue weighted by atomic mass is 16.2. The standard InChI is InChI=1S/C23H34N2O/c1-19-11-16-24(17-12-19)18-21-10-6-3-7-15-25(21)22(26)23(13-14-23)20-8-4-2-5-9-20/h2,4-5,8-9,19,21H,3,6-7,10-18H2,1H3. The topological polar surface area (TPSA) is 23.6 Å². The Kier molecular flexibility index (Phi) is 5.35. The van der Waals surface area contributed by atoms with Crippen molar-refractivity contribution in [2.75, 3.05) is 26.2 Å². The Morgan fingerprint density at radius 1 is 1.00 bits per heavy atom. The van der Waals surface area contributed by atoms with Crippen molar-refractivity contribution in [2.24, 2.45) is 5.92 Å². The molecule has 1 aliphatic carbocycles. The minimum Gasteiger partial charge on any atom is -0.338 e. The molecule has 0 N–H and O–H groups in total. The van der Waals surface area contributed by atoms with Gasteiger partial charge in [-0.3, -0.25) is 4.79 Å². The Bertz CT molecular complexity index is 602. The van der Waals surface area contributed by atoms with Gasteiger partial charge in [0, 0.05) is 19.1 Å². The lowest BCUT2D eigenvalue weighted by Crippen LogP contribution is -2.51. The molecule has 1 atom stereocenters. The number of hydrogen-bond donors (Lipinski definition) is 0. The van der Waals surface area contributed by atoms with Gasteiger partial charge in [0.05, 0.1) is 5.41 Å². The molecule has 2 aliphatic heterocycles. The number of rotatable bonds is 4. The molecule has 3 heteroatoms. The highest BCUT2D eigenvalue weighted by Gasteiger charge is 2.53. The first-order valence-corrected chi connectivity index (χ1v) is 10.8. The van der Waals surface area contributed by atoms with E-state index in [9.17, 15) is 4.79 Å². The van der Waals surface area contributed by atoms with E-state index in [1.807, 2.05) is 0 Å². The van der Waals surface area contributed by atoms with E-state index in [-0.39, 0.29) is 5.41 Å². The van der Waals surface area contributed by atoms with Gasteiger partial charge in [-0.2, -0.15) is 0 Å². The molecular formula is C23H34N2O. The van der Waals surface area contributed by atoms with Crippen LogP contribution in [0.3, 0.4) is 0 Å². The zero-order valence-corrected chi connectivity index (χ0v) is 16.3. The van der Waals surface area contributed by atoms with E-state index >= 15 is 0 Å². The number of carbonyl (C=O) groups excluding carboxylic acids is 1. The molecule has 0 radical (unpaired) electrons. The Balaban J connectivity index is 1.49. The van der Waals surface area contributed by atoms with Gasteiger partial charge in [0.25, 0.3) is 0 Å². The molecule has 2 heterocycles. The van der Waals surface area contributed by atoms with E-state index in [1.54, 1.807) is 0 Å². The summed E-state index contributed by atoms with van der Waals surface area (Å²) in [7, 11) is 0. The Hall–Kier alpha value is -1.35. The summed E-state index contributed by atoms with van der Waals surface area (Å²) in [5.41, 5.74) is 1.03. The number of piperidine rings is 1. The maximum atomic E-state index is 13.6. The van der Waals surface area contributed by atoms with Crippen LogP contribution >= 0.6 is 0 Å². The number of amides is 1. The van der Waals surface area contributed by atoms with E-state index in [2.05, 4.69) is 47.1 Å². The van der Waals surface area contributed by atoms with Crippen molar-refractivity contribution in [3.05, 3.63) is 35.9 Å². The van der Waals surface area contributed by atoms with Crippen molar-refractivity contribution >= 4 is 5.91 Å². The average Bonchev–Trinajstić information content (AvgIpc) is 3.49. The van der Waals surface area contributed by atoms with Gasteiger partial charge >= 0.3 is 0 Å². The third-order valence-electron chi connectivity index (χ3n) is 6.97. The predicted molar refractivity (Wildman–Crippen MR) is 106 cm³/mol. The lowest BCUT2D eigenvalue weighted by molar-refractivity contribution is -0.136. The monoisotopic (exact) mass is 354 g/mol. The second-order valence-corrected chi connectivity index (χ2v) is 8.93. The fourth-order valence-corrected chi connectivity index (χ4v) is 4.96. The average molecular weight is 355 g/mol. The van der Waals surface area contributed by atoms with Gasteiger partial charge in [-0.1, -0.05) is 50.1 Å². The van der Waals surface area contributed by atoms with Crippen molar-refractivity contribution in [2.45, 2.75) is 69.7 Å². The van der Waals surface area contributed by atoms with Crippen molar-refractivity contribution in [1.82, 2.24) is 9.80 Å². The van der Waals surface area contributed by atoms with Crippen LogP contribution in [0.2, 0.25) is 0 Å². The molecule has 26 heavy (non-hydrogen) atoms.